The molecule has 1 atom stereocenters. The second-order valence-electron chi connectivity index (χ2n) is 4.28. The van der Waals surface area contributed by atoms with E-state index >= 15 is 0 Å². The van der Waals surface area contributed by atoms with Crippen LogP contribution < -0.4 is 11.2 Å². The quantitative estimate of drug-likeness (QED) is 0.867. The van der Waals surface area contributed by atoms with Crippen LogP contribution in [0.25, 0.3) is 0 Å². The third-order valence-electron chi connectivity index (χ3n) is 2.95. The van der Waals surface area contributed by atoms with Crippen LogP contribution in [-0.2, 0) is 0 Å². The van der Waals surface area contributed by atoms with Crippen molar-refractivity contribution in [1.29, 1.82) is 0 Å². The Morgan fingerprint density at radius 3 is 2.58 bits per heavy atom. The van der Waals surface area contributed by atoms with Crippen LogP contribution in [0.15, 0.2) is 15.7 Å². The topological polar surface area (TPSA) is 54.9 Å². The molecule has 0 amide bonds. The molecule has 7 heteroatoms. The van der Waals surface area contributed by atoms with Crippen molar-refractivity contribution in [3.63, 3.8) is 0 Å². The highest BCUT2D eigenvalue weighted by Crippen LogP contribution is 2.27. The van der Waals surface area contributed by atoms with E-state index in [1.807, 2.05) is 19.9 Å². The summed E-state index contributed by atoms with van der Waals surface area (Å²) in [4.78, 5) is 27.8. The summed E-state index contributed by atoms with van der Waals surface area (Å²) < 4.78 is 14.4. The molecule has 0 spiro atoms. The van der Waals surface area contributed by atoms with E-state index in [0.717, 1.165) is 19.9 Å². The van der Waals surface area contributed by atoms with E-state index in [2.05, 4.69) is 4.98 Å². The maximum Gasteiger partial charge on any atom is 0.330 e. The number of aromatic nitrogens is 2. The smallest absolute Gasteiger partial charge is 0.295 e. The maximum absolute atomic E-state index is 13.5. The third-order valence-corrected chi connectivity index (χ3v) is 4.19. The van der Waals surface area contributed by atoms with Gasteiger partial charge in [-0.3, -0.25) is 14.3 Å². The molecule has 2 rings (SSSR count). The highest BCUT2D eigenvalue weighted by molar-refractivity contribution is 7.12. The van der Waals surface area contributed by atoms with Gasteiger partial charge < -0.3 is 0 Å². The van der Waals surface area contributed by atoms with Crippen molar-refractivity contribution >= 4 is 22.9 Å². The molecule has 1 unspecified atom stereocenters. The van der Waals surface area contributed by atoms with Crippen LogP contribution in [0, 0.1) is 19.7 Å². The first-order chi connectivity index (χ1) is 8.82. The Morgan fingerprint density at radius 1 is 1.42 bits per heavy atom. The molecule has 0 aromatic carbocycles. The first kappa shape index (κ1) is 14.0. The monoisotopic (exact) mass is 302 g/mol. The van der Waals surface area contributed by atoms with Gasteiger partial charge >= 0.3 is 5.69 Å². The number of nitrogens with one attached hydrogen (secondary N) is 1. The molecule has 2 aromatic heterocycles. The Hall–Kier alpha value is -1.40. The Balaban J connectivity index is 2.66. The second-order valence-corrected chi connectivity index (χ2v) is 6.12. The van der Waals surface area contributed by atoms with E-state index in [9.17, 15) is 14.0 Å². The zero-order valence-corrected chi connectivity index (χ0v) is 12.2. The predicted octanol–water partition coefficient (Wildman–Crippen LogP) is 2.62. The molecule has 0 aliphatic heterocycles. The van der Waals surface area contributed by atoms with Gasteiger partial charge in [-0.2, -0.15) is 4.39 Å². The summed E-state index contributed by atoms with van der Waals surface area (Å²) >= 11 is 7.00. The molecule has 102 valence electrons. The number of H-pyrrole nitrogens is 1. The molecular weight excluding hydrogens is 291 g/mol. The van der Waals surface area contributed by atoms with Crippen molar-refractivity contribution in [2.75, 3.05) is 0 Å². The van der Waals surface area contributed by atoms with Crippen molar-refractivity contribution in [1.82, 2.24) is 9.55 Å². The number of nitrogens with zero attached hydrogens (tertiary/aromatic N) is 1. The lowest BCUT2D eigenvalue weighted by atomic mass is 10.1. The number of hydrogen-bond donors (Lipinski definition) is 1. The standard InChI is InChI=1S/C12H12ClFN2O2S/c1-5-4-8(7(3)19-5)6(2)16-11(17)9(14)10(13)15-12(16)18/h4,6H,1-3H3,(H,15,18). The van der Waals surface area contributed by atoms with Crippen LogP contribution in [0.2, 0.25) is 5.15 Å². The Labute approximate surface area is 117 Å². The number of rotatable bonds is 2. The number of hydrogen-bond acceptors (Lipinski definition) is 3. The molecule has 0 saturated heterocycles. The van der Waals surface area contributed by atoms with E-state index in [4.69, 9.17) is 11.6 Å². The highest BCUT2D eigenvalue weighted by Gasteiger charge is 2.20. The van der Waals surface area contributed by atoms with Gasteiger partial charge in [0.15, 0.2) is 5.15 Å². The first-order valence-corrected chi connectivity index (χ1v) is 6.79. The molecule has 0 bridgehead atoms. The van der Waals surface area contributed by atoms with Crippen LogP contribution in [0.4, 0.5) is 4.39 Å². The minimum absolute atomic E-state index is 0.548. The summed E-state index contributed by atoms with van der Waals surface area (Å²) in [5, 5.41) is -0.559. The summed E-state index contributed by atoms with van der Waals surface area (Å²) in [7, 11) is 0. The van der Waals surface area contributed by atoms with E-state index < -0.39 is 28.3 Å². The Bertz CT molecular complexity index is 747. The van der Waals surface area contributed by atoms with Gasteiger partial charge in [0, 0.05) is 9.75 Å². The SMILES string of the molecule is Cc1cc(C(C)n2c(=O)[nH]c(Cl)c(F)c2=O)c(C)s1. The molecule has 2 heterocycles. The van der Waals surface area contributed by atoms with Gasteiger partial charge in [0.05, 0.1) is 6.04 Å². The summed E-state index contributed by atoms with van der Waals surface area (Å²) in [6, 6.07) is 1.34. The minimum Gasteiger partial charge on any atom is -0.295 e. The first-order valence-electron chi connectivity index (χ1n) is 5.59. The summed E-state index contributed by atoms with van der Waals surface area (Å²) in [6.07, 6.45) is 0. The average Bonchev–Trinajstić information content (AvgIpc) is 2.65. The van der Waals surface area contributed by atoms with Crippen molar-refractivity contribution in [3.8, 4) is 0 Å². The Morgan fingerprint density at radius 2 is 2.05 bits per heavy atom. The highest BCUT2D eigenvalue weighted by atomic mass is 35.5. The summed E-state index contributed by atoms with van der Waals surface area (Å²) in [5.74, 6) is -1.14. The van der Waals surface area contributed by atoms with Crippen LogP contribution >= 0.6 is 22.9 Å². The van der Waals surface area contributed by atoms with Gasteiger partial charge in [0.25, 0.3) is 5.56 Å². The van der Waals surface area contributed by atoms with E-state index in [1.54, 1.807) is 18.3 Å². The zero-order valence-electron chi connectivity index (χ0n) is 10.6. The summed E-state index contributed by atoms with van der Waals surface area (Å²) in [6.45, 7) is 5.51. The molecule has 4 nitrogen and oxygen atoms in total. The van der Waals surface area contributed by atoms with E-state index in [-0.39, 0.29) is 0 Å². The fourth-order valence-electron chi connectivity index (χ4n) is 2.06. The molecule has 0 radical (unpaired) electrons. The fraction of sp³-hybridized carbons (Fsp3) is 0.333. The molecule has 19 heavy (non-hydrogen) atoms. The van der Waals surface area contributed by atoms with Gasteiger partial charge in [0.2, 0.25) is 5.82 Å². The summed E-state index contributed by atoms with van der Waals surface area (Å²) in [5.41, 5.74) is -0.895. The molecule has 1 N–H and O–H groups in total. The number of thiophene rings is 1. The van der Waals surface area contributed by atoms with Crippen LogP contribution in [0.3, 0.4) is 0 Å². The normalized spacial score (nSPS) is 12.7. The van der Waals surface area contributed by atoms with Crippen molar-refractivity contribution in [2.24, 2.45) is 0 Å². The molecular formula is C12H12ClFN2O2S. The van der Waals surface area contributed by atoms with Gasteiger partial charge in [-0.15, -0.1) is 11.3 Å². The molecule has 0 aliphatic carbocycles. The molecule has 0 saturated carbocycles. The zero-order chi connectivity index (χ0) is 14.3. The molecule has 0 aliphatic rings. The number of aryl methyl sites for hydroxylation is 2. The lowest BCUT2D eigenvalue weighted by molar-refractivity contribution is 0.515. The number of halogens is 2. The maximum atomic E-state index is 13.5. The minimum atomic E-state index is -1.14. The van der Waals surface area contributed by atoms with Crippen LogP contribution in [0.5, 0.6) is 0 Å². The molecule has 2 aromatic rings. The van der Waals surface area contributed by atoms with Crippen molar-refractivity contribution < 1.29 is 4.39 Å². The van der Waals surface area contributed by atoms with Gasteiger partial charge in [-0.1, -0.05) is 11.6 Å². The van der Waals surface area contributed by atoms with Crippen LogP contribution in [-0.4, -0.2) is 9.55 Å². The molecule has 0 fully saturated rings. The average molecular weight is 303 g/mol. The largest absolute Gasteiger partial charge is 0.330 e. The third kappa shape index (κ3) is 2.37. The van der Waals surface area contributed by atoms with E-state index in [1.165, 1.54) is 0 Å². The fourth-order valence-corrected chi connectivity index (χ4v) is 3.23. The second kappa shape index (κ2) is 4.94. The lowest BCUT2D eigenvalue weighted by Crippen LogP contribution is -2.39. The van der Waals surface area contributed by atoms with Crippen molar-refractivity contribution in [3.05, 3.63) is 53.2 Å². The van der Waals surface area contributed by atoms with Gasteiger partial charge in [-0.25, -0.2) is 4.79 Å². The lowest BCUT2D eigenvalue weighted by Gasteiger charge is -2.14. The number of aromatic amines is 1. The predicted molar refractivity (Wildman–Crippen MR) is 73.9 cm³/mol. The Kier molecular flexibility index (Phi) is 3.64. The van der Waals surface area contributed by atoms with Crippen molar-refractivity contribution in [2.45, 2.75) is 26.8 Å². The van der Waals surface area contributed by atoms with E-state index in [0.29, 0.717) is 0 Å². The van der Waals surface area contributed by atoms with Gasteiger partial charge in [-0.05, 0) is 32.4 Å². The van der Waals surface area contributed by atoms with Crippen LogP contribution in [0.1, 0.15) is 28.3 Å². The van der Waals surface area contributed by atoms with Gasteiger partial charge in [0.1, 0.15) is 0 Å².